The van der Waals surface area contributed by atoms with Crippen molar-refractivity contribution in [3.63, 3.8) is 0 Å². The summed E-state index contributed by atoms with van der Waals surface area (Å²) in [5.74, 6) is 0.879. The smallest absolute Gasteiger partial charge is 0.227 e. The second-order valence-corrected chi connectivity index (χ2v) is 7.00. The number of aromatic nitrogens is 2. The van der Waals surface area contributed by atoms with Crippen LogP contribution in [0, 0.1) is 0 Å². The summed E-state index contributed by atoms with van der Waals surface area (Å²) >= 11 is 0. The first-order valence-electron chi connectivity index (χ1n) is 9.59. The Labute approximate surface area is 167 Å². The average molecular weight is 402 g/mol. The van der Waals surface area contributed by atoms with Crippen LogP contribution in [0.2, 0.25) is 0 Å². The molecule has 0 aromatic carbocycles. The lowest BCUT2D eigenvalue weighted by atomic mass is 9.89. The van der Waals surface area contributed by atoms with Crippen molar-refractivity contribution in [3.05, 3.63) is 11.7 Å². The van der Waals surface area contributed by atoms with Crippen LogP contribution in [0.5, 0.6) is 0 Å². The van der Waals surface area contributed by atoms with Gasteiger partial charge in [-0.25, -0.2) is 0 Å². The SMILES string of the molecule is CNCCCNC(=O)CCc1nc(C2(NC(C)=O)CCCCCC2)no1.Cl. The Hall–Kier alpha value is -1.67. The number of carbonyl (C=O) groups is 2. The molecule has 0 spiro atoms. The molecule has 27 heavy (non-hydrogen) atoms. The van der Waals surface area contributed by atoms with E-state index in [-0.39, 0.29) is 24.2 Å². The molecule has 1 aliphatic rings. The van der Waals surface area contributed by atoms with E-state index in [9.17, 15) is 9.59 Å². The highest BCUT2D eigenvalue weighted by Gasteiger charge is 2.38. The maximum Gasteiger partial charge on any atom is 0.227 e. The van der Waals surface area contributed by atoms with Crippen molar-refractivity contribution < 1.29 is 14.1 Å². The molecule has 1 heterocycles. The molecule has 9 heteroatoms. The maximum atomic E-state index is 11.9. The monoisotopic (exact) mass is 401 g/mol. The molecule has 1 saturated carbocycles. The predicted octanol–water partition coefficient (Wildman–Crippen LogP) is 1.84. The lowest BCUT2D eigenvalue weighted by Gasteiger charge is -2.30. The van der Waals surface area contributed by atoms with Crippen LogP contribution in [-0.2, 0) is 21.5 Å². The minimum atomic E-state index is -0.542. The van der Waals surface area contributed by atoms with Crippen LogP contribution >= 0.6 is 12.4 Å². The fourth-order valence-corrected chi connectivity index (χ4v) is 3.43. The number of nitrogens with zero attached hydrogens (tertiary/aromatic N) is 2. The highest BCUT2D eigenvalue weighted by Crippen LogP contribution is 2.34. The van der Waals surface area contributed by atoms with Crippen molar-refractivity contribution in [2.24, 2.45) is 0 Å². The standard InChI is InChI=1S/C18H31N5O3.ClH/c1-14(24)22-18(10-5-3-4-6-11-18)17-21-16(26-23-17)9-8-15(25)20-13-7-12-19-2;/h19H,3-13H2,1-2H3,(H,20,25)(H,22,24);1H. The van der Waals surface area contributed by atoms with Crippen molar-refractivity contribution in [2.75, 3.05) is 20.1 Å². The summed E-state index contributed by atoms with van der Waals surface area (Å²) in [6.45, 7) is 3.05. The van der Waals surface area contributed by atoms with Crippen LogP contribution in [-0.4, -0.2) is 42.1 Å². The van der Waals surface area contributed by atoms with Gasteiger partial charge < -0.3 is 20.5 Å². The molecule has 2 rings (SSSR count). The molecular weight excluding hydrogens is 370 g/mol. The molecule has 3 N–H and O–H groups in total. The average Bonchev–Trinajstić information content (AvgIpc) is 2.97. The molecule has 0 atom stereocenters. The normalized spacial score (nSPS) is 16.1. The third-order valence-electron chi connectivity index (χ3n) is 4.76. The molecule has 0 bridgehead atoms. The van der Waals surface area contributed by atoms with Gasteiger partial charge in [0.25, 0.3) is 0 Å². The summed E-state index contributed by atoms with van der Waals surface area (Å²) in [6.07, 6.45) is 7.61. The maximum absolute atomic E-state index is 11.9. The first-order chi connectivity index (χ1) is 12.6. The van der Waals surface area contributed by atoms with Gasteiger partial charge in [0.15, 0.2) is 5.82 Å². The van der Waals surface area contributed by atoms with E-state index in [2.05, 4.69) is 26.1 Å². The number of aryl methyl sites for hydroxylation is 1. The van der Waals surface area contributed by atoms with Gasteiger partial charge >= 0.3 is 0 Å². The van der Waals surface area contributed by atoms with Crippen LogP contribution in [0.15, 0.2) is 4.52 Å². The van der Waals surface area contributed by atoms with Gasteiger partial charge in [-0.2, -0.15) is 4.98 Å². The van der Waals surface area contributed by atoms with E-state index < -0.39 is 5.54 Å². The zero-order valence-electron chi connectivity index (χ0n) is 16.3. The van der Waals surface area contributed by atoms with Crippen molar-refractivity contribution in [1.82, 2.24) is 26.1 Å². The van der Waals surface area contributed by atoms with Crippen molar-refractivity contribution in [1.29, 1.82) is 0 Å². The number of carbonyl (C=O) groups excluding carboxylic acids is 2. The van der Waals surface area contributed by atoms with E-state index in [1.165, 1.54) is 6.92 Å². The van der Waals surface area contributed by atoms with Crippen molar-refractivity contribution >= 4 is 24.2 Å². The molecule has 1 fully saturated rings. The summed E-state index contributed by atoms with van der Waals surface area (Å²) in [5, 5.41) is 13.1. The van der Waals surface area contributed by atoms with Crippen LogP contribution in [0.4, 0.5) is 0 Å². The Morgan fingerprint density at radius 2 is 1.85 bits per heavy atom. The van der Waals surface area contributed by atoms with Gasteiger partial charge in [-0.15, -0.1) is 12.4 Å². The van der Waals surface area contributed by atoms with Crippen LogP contribution in [0.25, 0.3) is 0 Å². The number of amides is 2. The minimum Gasteiger partial charge on any atom is -0.356 e. The Morgan fingerprint density at radius 1 is 1.15 bits per heavy atom. The predicted molar refractivity (Wildman–Crippen MR) is 105 cm³/mol. The molecule has 1 aliphatic carbocycles. The number of hydrogen-bond acceptors (Lipinski definition) is 6. The third kappa shape index (κ3) is 7.46. The molecular formula is C18H32ClN5O3. The summed E-state index contributed by atoms with van der Waals surface area (Å²) in [5.41, 5.74) is -0.542. The summed E-state index contributed by atoms with van der Waals surface area (Å²) in [7, 11) is 1.89. The zero-order chi connectivity index (χ0) is 18.8. The highest BCUT2D eigenvalue weighted by molar-refractivity contribution is 5.85. The lowest BCUT2D eigenvalue weighted by molar-refractivity contribution is -0.122. The van der Waals surface area contributed by atoms with E-state index in [1.807, 2.05) is 7.05 Å². The fourth-order valence-electron chi connectivity index (χ4n) is 3.43. The second kappa shape index (κ2) is 11.9. The van der Waals surface area contributed by atoms with E-state index in [1.54, 1.807) is 0 Å². The molecule has 154 valence electrons. The summed E-state index contributed by atoms with van der Waals surface area (Å²) < 4.78 is 5.36. The van der Waals surface area contributed by atoms with E-state index in [0.717, 1.165) is 51.5 Å². The Balaban J connectivity index is 0.00000364. The molecule has 8 nitrogen and oxygen atoms in total. The Morgan fingerprint density at radius 3 is 2.48 bits per heavy atom. The van der Waals surface area contributed by atoms with Crippen LogP contribution < -0.4 is 16.0 Å². The molecule has 0 saturated heterocycles. The van der Waals surface area contributed by atoms with Gasteiger partial charge in [0.1, 0.15) is 5.54 Å². The summed E-state index contributed by atoms with van der Waals surface area (Å²) in [4.78, 5) is 28.1. The van der Waals surface area contributed by atoms with E-state index in [0.29, 0.717) is 31.1 Å². The van der Waals surface area contributed by atoms with Gasteiger partial charge in [-0.1, -0.05) is 30.8 Å². The Kier molecular flexibility index (Phi) is 10.3. The molecule has 0 radical (unpaired) electrons. The molecule has 1 aromatic rings. The van der Waals surface area contributed by atoms with Gasteiger partial charge in [-0.3, -0.25) is 9.59 Å². The first-order valence-corrected chi connectivity index (χ1v) is 9.59. The molecule has 0 unspecified atom stereocenters. The van der Waals surface area contributed by atoms with E-state index in [4.69, 9.17) is 4.52 Å². The number of rotatable bonds is 9. The molecule has 0 aliphatic heterocycles. The Bertz CT molecular complexity index is 585. The number of halogens is 1. The largest absolute Gasteiger partial charge is 0.356 e. The zero-order valence-corrected chi connectivity index (χ0v) is 17.1. The van der Waals surface area contributed by atoms with Gasteiger partial charge in [0, 0.05) is 26.3 Å². The van der Waals surface area contributed by atoms with Crippen molar-refractivity contribution in [2.45, 2.75) is 70.3 Å². The topological polar surface area (TPSA) is 109 Å². The highest BCUT2D eigenvalue weighted by atomic mass is 35.5. The van der Waals surface area contributed by atoms with Crippen molar-refractivity contribution in [3.8, 4) is 0 Å². The summed E-state index contributed by atoms with van der Waals surface area (Å²) in [6, 6.07) is 0. The minimum absolute atomic E-state index is 0. The first kappa shape index (κ1) is 23.4. The fraction of sp³-hybridized carbons (Fsp3) is 0.778. The van der Waals surface area contributed by atoms with Crippen LogP contribution in [0.1, 0.15) is 70.0 Å². The van der Waals surface area contributed by atoms with Crippen LogP contribution in [0.3, 0.4) is 0 Å². The number of nitrogens with one attached hydrogen (secondary N) is 3. The third-order valence-corrected chi connectivity index (χ3v) is 4.76. The van der Waals surface area contributed by atoms with Gasteiger partial charge in [0.2, 0.25) is 17.7 Å². The number of hydrogen-bond donors (Lipinski definition) is 3. The van der Waals surface area contributed by atoms with Gasteiger partial charge in [-0.05, 0) is 32.9 Å². The molecule has 1 aromatic heterocycles. The lowest BCUT2D eigenvalue weighted by Crippen LogP contribution is -2.45. The molecule has 2 amide bonds. The van der Waals surface area contributed by atoms with E-state index >= 15 is 0 Å². The van der Waals surface area contributed by atoms with Gasteiger partial charge in [0.05, 0.1) is 0 Å². The quantitative estimate of drug-likeness (QED) is 0.430. The second-order valence-electron chi connectivity index (χ2n) is 7.00.